The summed E-state index contributed by atoms with van der Waals surface area (Å²) in [7, 11) is 0. The number of amides is 1. The maximum Gasteiger partial charge on any atom is 0.255 e. The van der Waals surface area contributed by atoms with Crippen LogP contribution in [0.25, 0.3) is 0 Å². The maximum atomic E-state index is 13.0. The van der Waals surface area contributed by atoms with Crippen LogP contribution in [0.15, 0.2) is 35.7 Å². The highest BCUT2D eigenvalue weighted by Gasteiger charge is 2.65. The van der Waals surface area contributed by atoms with E-state index in [-0.39, 0.29) is 23.4 Å². The van der Waals surface area contributed by atoms with E-state index in [1.165, 1.54) is 23.3 Å². The zero-order valence-electron chi connectivity index (χ0n) is 19.1. The van der Waals surface area contributed by atoms with Crippen molar-refractivity contribution in [1.29, 1.82) is 0 Å². The molecule has 2 aliphatic heterocycles. The van der Waals surface area contributed by atoms with Crippen LogP contribution in [0, 0.1) is 0 Å². The monoisotopic (exact) mass is 438 g/mol. The van der Waals surface area contributed by atoms with E-state index in [0.29, 0.717) is 12.1 Å². The molecular weight excluding hydrogens is 404 g/mol. The van der Waals surface area contributed by atoms with Crippen LogP contribution in [0.4, 0.5) is 0 Å². The van der Waals surface area contributed by atoms with Crippen molar-refractivity contribution in [3.63, 3.8) is 0 Å². The van der Waals surface area contributed by atoms with Gasteiger partial charge in [-0.25, -0.2) is 0 Å². The SMILES string of the molecule is CC(C)N1C(=O)c2ccsc2C2(c3ccc(OCCCN4[C@H](C)CC[C@H]4C)cc3)CC12. The van der Waals surface area contributed by atoms with Crippen molar-refractivity contribution in [3.8, 4) is 5.75 Å². The molecule has 1 aliphatic carbocycles. The number of carbonyl (C=O) groups excluding carboxylic acids is 1. The van der Waals surface area contributed by atoms with E-state index in [0.717, 1.165) is 37.3 Å². The van der Waals surface area contributed by atoms with Gasteiger partial charge in [-0.3, -0.25) is 9.69 Å². The summed E-state index contributed by atoms with van der Waals surface area (Å²) in [5, 5.41) is 2.07. The van der Waals surface area contributed by atoms with Gasteiger partial charge in [-0.2, -0.15) is 0 Å². The molecule has 31 heavy (non-hydrogen) atoms. The molecule has 0 radical (unpaired) electrons. The third-order valence-electron chi connectivity index (χ3n) is 7.68. The van der Waals surface area contributed by atoms with E-state index in [1.807, 2.05) is 6.07 Å². The van der Waals surface area contributed by atoms with Gasteiger partial charge in [0.2, 0.25) is 0 Å². The Kier molecular flexibility index (Phi) is 5.38. The fourth-order valence-corrected chi connectivity index (χ4v) is 7.11. The van der Waals surface area contributed by atoms with Crippen LogP contribution in [0.5, 0.6) is 5.75 Å². The van der Waals surface area contributed by atoms with Crippen molar-refractivity contribution in [2.45, 2.75) is 83.0 Å². The number of carbonyl (C=O) groups is 1. The zero-order chi connectivity index (χ0) is 21.8. The highest BCUT2D eigenvalue weighted by molar-refractivity contribution is 7.10. The van der Waals surface area contributed by atoms with Crippen molar-refractivity contribution in [2.24, 2.45) is 0 Å². The van der Waals surface area contributed by atoms with E-state index < -0.39 is 0 Å². The molecule has 2 aromatic rings. The summed E-state index contributed by atoms with van der Waals surface area (Å²) >= 11 is 1.74. The Morgan fingerprint density at radius 3 is 2.52 bits per heavy atom. The third-order valence-corrected chi connectivity index (χ3v) is 8.78. The number of benzene rings is 1. The molecule has 1 amide bonds. The van der Waals surface area contributed by atoms with E-state index in [1.54, 1.807) is 11.3 Å². The molecule has 2 unspecified atom stereocenters. The first-order valence-corrected chi connectivity index (χ1v) is 12.7. The molecule has 1 aromatic heterocycles. The number of rotatable bonds is 7. The summed E-state index contributed by atoms with van der Waals surface area (Å²) in [5.41, 5.74) is 2.19. The normalized spacial score (nSPS) is 29.9. The van der Waals surface area contributed by atoms with Gasteiger partial charge < -0.3 is 9.64 Å². The highest BCUT2D eigenvalue weighted by Crippen LogP contribution is 2.61. The summed E-state index contributed by atoms with van der Waals surface area (Å²) in [6.45, 7) is 10.8. The average molecular weight is 439 g/mol. The van der Waals surface area contributed by atoms with Crippen LogP contribution < -0.4 is 4.74 Å². The van der Waals surface area contributed by atoms with Gasteiger partial charge >= 0.3 is 0 Å². The van der Waals surface area contributed by atoms with Gasteiger partial charge in [-0.1, -0.05) is 12.1 Å². The van der Waals surface area contributed by atoms with Crippen LogP contribution >= 0.6 is 11.3 Å². The summed E-state index contributed by atoms with van der Waals surface area (Å²) in [6, 6.07) is 12.6. The van der Waals surface area contributed by atoms with Crippen molar-refractivity contribution in [3.05, 3.63) is 51.7 Å². The smallest absolute Gasteiger partial charge is 0.255 e. The fourth-order valence-electron chi connectivity index (χ4n) is 5.94. The minimum absolute atomic E-state index is 0.0256. The predicted molar refractivity (Wildman–Crippen MR) is 126 cm³/mol. The van der Waals surface area contributed by atoms with Crippen molar-refractivity contribution < 1.29 is 9.53 Å². The molecule has 0 N–H and O–H groups in total. The molecule has 1 aromatic carbocycles. The number of ether oxygens (including phenoxy) is 1. The quantitative estimate of drug-likeness (QED) is 0.549. The third kappa shape index (κ3) is 3.41. The van der Waals surface area contributed by atoms with Gasteiger partial charge in [0.15, 0.2) is 0 Å². The molecular formula is C26H34N2O2S. The van der Waals surface area contributed by atoms with Crippen molar-refractivity contribution >= 4 is 17.2 Å². The standard InChI is InChI=1S/C26H34N2O2S/c1-17(2)28-23-16-26(23,24-22(25(28)29)12-15-31-24)20-8-10-21(11-9-20)30-14-5-13-27-18(3)6-7-19(27)4/h8-12,15,17-19,23H,5-7,13-14,16H2,1-4H3/t18-,19-,23?,26?/m1/s1. The summed E-state index contributed by atoms with van der Waals surface area (Å²) in [6.07, 6.45) is 4.72. The molecule has 166 valence electrons. The van der Waals surface area contributed by atoms with Gasteiger partial charge in [0.25, 0.3) is 5.91 Å². The van der Waals surface area contributed by atoms with Crippen molar-refractivity contribution in [2.75, 3.05) is 13.2 Å². The highest BCUT2D eigenvalue weighted by atomic mass is 32.1. The first-order chi connectivity index (χ1) is 14.9. The lowest BCUT2D eigenvalue weighted by atomic mass is 9.87. The molecule has 1 saturated carbocycles. The predicted octanol–water partition coefficient (Wildman–Crippen LogP) is 5.31. The average Bonchev–Trinajstić information content (AvgIpc) is 3.12. The second kappa shape index (κ2) is 7.93. The Morgan fingerprint density at radius 2 is 1.84 bits per heavy atom. The van der Waals surface area contributed by atoms with Crippen LogP contribution in [0.2, 0.25) is 0 Å². The van der Waals surface area contributed by atoms with Crippen LogP contribution in [0.3, 0.4) is 0 Å². The number of likely N-dealkylation sites (tertiary alicyclic amines) is 1. The molecule has 4 atom stereocenters. The summed E-state index contributed by atoms with van der Waals surface area (Å²) in [5.74, 6) is 1.14. The molecule has 3 aliphatic rings. The minimum atomic E-state index is -0.0256. The molecule has 3 heterocycles. The van der Waals surface area contributed by atoms with Gasteiger partial charge in [-0.05, 0) is 82.5 Å². The second-order valence-electron chi connectivity index (χ2n) is 9.90. The number of fused-ring (bicyclic) bond motifs is 3. The Bertz CT molecular complexity index is 943. The molecule has 4 nitrogen and oxygen atoms in total. The van der Waals surface area contributed by atoms with Gasteiger partial charge in [0, 0.05) is 35.6 Å². The van der Waals surface area contributed by atoms with Crippen LogP contribution in [-0.4, -0.2) is 53.0 Å². The van der Waals surface area contributed by atoms with E-state index in [2.05, 4.69) is 67.1 Å². The van der Waals surface area contributed by atoms with E-state index in [4.69, 9.17) is 4.74 Å². The maximum absolute atomic E-state index is 13.0. The van der Waals surface area contributed by atoms with E-state index in [9.17, 15) is 4.79 Å². The second-order valence-corrected chi connectivity index (χ2v) is 10.8. The van der Waals surface area contributed by atoms with Crippen molar-refractivity contribution in [1.82, 2.24) is 9.80 Å². The minimum Gasteiger partial charge on any atom is -0.494 e. The number of thiophene rings is 1. The topological polar surface area (TPSA) is 32.8 Å². The van der Waals surface area contributed by atoms with Crippen LogP contribution in [-0.2, 0) is 5.41 Å². The molecule has 2 fully saturated rings. The lowest BCUT2D eigenvalue weighted by Gasteiger charge is -2.35. The van der Waals surface area contributed by atoms with Gasteiger partial charge in [0.1, 0.15) is 5.75 Å². The first-order valence-electron chi connectivity index (χ1n) is 11.8. The Morgan fingerprint density at radius 1 is 1.13 bits per heavy atom. The molecule has 5 heteroatoms. The fraction of sp³-hybridized carbons (Fsp3) is 0.577. The molecule has 0 bridgehead atoms. The number of nitrogens with zero attached hydrogens (tertiary/aromatic N) is 2. The first kappa shape index (κ1) is 21.0. The van der Waals surface area contributed by atoms with E-state index >= 15 is 0 Å². The Labute approximate surface area is 190 Å². The molecule has 5 rings (SSSR count). The largest absolute Gasteiger partial charge is 0.494 e. The molecule has 0 spiro atoms. The Balaban J connectivity index is 1.26. The number of hydrogen-bond acceptors (Lipinski definition) is 4. The van der Waals surface area contributed by atoms with Crippen LogP contribution in [0.1, 0.15) is 74.2 Å². The van der Waals surface area contributed by atoms with Gasteiger partial charge in [-0.15, -0.1) is 11.3 Å². The number of hydrogen-bond donors (Lipinski definition) is 0. The Hall–Kier alpha value is -1.85. The summed E-state index contributed by atoms with van der Waals surface area (Å²) in [4.78, 5) is 18.9. The lowest BCUT2D eigenvalue weighted by Crippen LogP contribution is -2.45. The van der Waals surface area contributed by atoms with Gasteiger partial charge in [0.05, 0.1) is 17.6 Å². The lowest BCUT2D eigenvalue weighted by molar-refractivity contribution is 0.0660. The molecule has 1 saturated heterocycles. The zero-order valence-corrected chi connectivity index (χ0v) is 20.0. The summed E-state index contributed by atoms with van der Waals surface area (Å²) < 4.78 is 6.07.